The lowest BCUT2D eigenvalue weighted by atomic mass is 9.86. The summed E-state index contributed by atoms with van der Waals surface area (Å²) in [6.07, 6.45) is 4.76. The van der Waals surface area contributed by atoms with Gasteiger partial charge in [0.15, 0.2) is 0 Å². The quantitative estimate of drug-likeness (QED) is 0.849. The largest absolute Gasteiger partial charge is 0.374 e. The van der Waals surface area contributed by atoms with E-state index in [0.717, 1.165) is 24.0 Å². The molecule has 1 aliphatic heterocycles. The highest BCUT2D eigenvalue weighted by Crippen LogP contribution is 2.33. The molecular formula is C22H25NO2. The number of hydrogen-bond donors (Lipinski definition) is 0. The zero-order valence-electron chi connectivity index (χ0n) is 14.5. The summed E-state index contributed by atoms with van der Waals surface area (Å²) in [6, 6.07) is 20.6. The Morgan fingerprint density at radius 2 is 1.52 bits per heavy atom. The first-order valence-corrected chi connectivity index (χ1v) is 9.36. The molecule has 0 aromatic heterocycles. The maximum atomic E-state index is 13.6. The molecule has 25 heavy (non-hydrogen) atoms. The van der Waals surface area contributed by atoms with Crippen molar-refractivity contribution < 1.29 is 9.53 Å². The molecule has 2 aromatic carbocycles. The van der Waals surface area contributed by atoms with E-state index in [2.05, 4.69) is 29.2 Å². The second kappa shape index (κ2) is 7.40. The van der Waals surface area contributed by atoms with E-state index >= 15 is 0 Å². The van der Waals surface area contributed by atoms with E-state index in [-0.39, 0.29) is 24.0 Å². The predicted molar refractivity (Wildman–Crippen MR) is 98.4 cm³/mol. The van der Waals surface area contributed by atoms with Crippen LogP contribution in [0.1, 0.15) is 42.7 Å². The Morgan fingerprint density at radius 1 is 0.920 bits per heavy atom. The van der Waals surface area contributed by atoms with Crippen LogP contribution in [-0.4, -0.2) is 36.1 Å². The number of rotatable bonds is 3. The van der Waals surface area contributed by atoms with E-state index < -0.39 is 0 Å². The molecule has 0 N–H and O–H groups in total. The van der Waals surface area contributed by atoms with Gasteiger partial charge in [0.05, 0.1) is 24.7 Å². The van der Waals surface area contributed by atoms with Crippen molar-refractivity contribution in [3.63, 3.8) is 0 Å². The fraction of sp³-hybridized carbons (Fsp3) is 0.409. The molecule has 1 saturated carbocycles. The summed E-state index contributed by atoms with van der Waals surface area (Å²) in [5.74, 6) is -0.0133. The van der Waals surface area contributed by atoms with Crippen LogP contribution < -0.4 is 0 Å². The Morgan fingerprint density at radius 3 is 2.16 bits per heavy atom. The number of amides is 1. The van der Waals surface area contributed by atoms with Crippen LogP contribution in [0.25, 0.3) is 0 Å². The van der Waals surface area contributed by atoms with Gasteiger partial charge in [0, 0.05) is 6.54 Å². The Kier molecular flexibility index (Phi) is 4.84. The highest BCUT2D eigenvalue weighted by Gasteiger charge is 2.39. The van der Waals surface area contributed by atoms with Crippen molar-refractivity contribution in [2.45, 2.75) is 43.7 Å². The Bertz CT molecular complexity index is 659. The van der Waals surface area contributed by atoms with E-state index in [9.17, 15) is 4.79 Å². The van der Waals surface area contributed by atoms with Crippen LogP contribution in [0, 0.1) is 0 Å². The molecule has 2 atom stereocenters. The van der Waals surface area contributed by atoms with Crippen molar-refractivity contribution >= 4 is 5.91 Å². The molecule has 1 aliphatic carbocycles. The van der Waals surface area contributed by atoms with Crippen molar-refractivity contribution in [2.24, 2.45) is 0 Å². The first-order valence-electron chi connectivity index (χ1n) is 9.36. The molecule has 2 unspecified atom stereocenters. The molecular weight excluding hydrogens is 310 g/mol. The van der Waals surface area contributed by atoms with Crippen LogP contribution in [0.15, 0.2) is 60.7 Å². The number of hydrogen-bond acceptors (Lipinski definition) is 2. The van der Waals surface area contributed by atoms with Gasteiger partial charge in [-0.3, -0.25) is 4.79 Å². The maximum absolute atomic E-state index is 13.6. The highest BCUT2D eigenvalue weighted by atomic mass is 16.5. The van der Waals surface area contributed by atoms with Gasteiger partial charge in [-0.15, -0.1) is 0 Å². The Labute approximate surface area is 149 Å². The number of benzene rings is 2. The van der Waals surface area contributed by atoms with Gasteiger partial charge in [-0.2, -0.15) is 0 Å². The number of morpholine rings is 1. The van der Waals surface area contributed by atoms with Gasteiger partial charge in [-0.1, -0.05) is 73.5 Å². The van der Waals surface area contributed by atoms with E-state index in [1.54, 1.807) is 0 Å². The molecule has 2 fully saturated rings. The van der Waals surface area contributed by atoms with Crippen LogP contribution >= 0.6 is 0 Å². The third kappa shape index (κ3) is 3.34. The minimum atomic E-state index is -0.233. The number of nitrogens with zero attached hydrogens (tertiary/aromatic N) is 1. The van der Waals surface area contributed by atoms with Crippen molar-refractivity contribution in [1.82, 2.24) is 4.90 Å². The van der Waals surface area contributed by atoms with Gasteiger partial charge in [0.1, 0.15) is 0 Å². The summed E-state index contributed by atoms with van der Waals surface area (Å²) in [6.45, 7) is 1.36. The summed E-state index contributed by atoms with van der Waals surface area (Å²) in [5, 5.41) is 0. The fourth-order valence-electron chi connectivity index (χ4n) is 4.30. The second-order valence-electron chi connectivity index (χ2n) is 7.05. The van der Waals surface area contributed by atoms with E-state index in [1.165, 1.54) is 12.8 Å². The molecule has 1 saturated heterocycles. The molecule has 3 nitrogen and oxygen atoms in total. The Hall–Kier alpha value is -2.13. The molecule has 0 bridgehead atoms. The minimum Gasteiger partial charge on any atom is -0.374 e. The maximum Gasteiger partial charge on any atom is 0.234 e. The molecule has 0 radical (unpaired) electrons. The first kappa shape index (κ1) is 16.3. The predicted octanol–water partition coefficient (Wildman–Crippen LogP) is 3.99. The number of ether oxygens (including phenoxy) is 1. The van der Waals surface area contributed by atoms with Gasteiger partial charge < -0.3 is 9.64 Å². The van der Waals surface area contributed by atoms with Crippen LogP contribution in [0.4, 0.5) is 0 Å². The van der Waals surface area contributed by atoms with Crippen molar-refractivity contribution in [1.29, 1.82) is 0 Å². The van der Waals surface area contributed by atoms with E-state index in [1.807, 2.05) is 36.4 Å². The summed E-state index contributed by atoms with van der Waals surface area (Å²) in [5.41, 5.74) is 2.13. The second-order valence-corrected chi connectivity index (χ2v) is 7.05. The van der Waals surface area contributed by atoms with Crippen LogP contribution in [0.2, 0.25) is 0 Å². The van der Waals surface area contributed by atoms with Gasteiger partial charge in [-0.25, -0.2) is 0 Å². The average molecular weight is 335 g/mol. The minimum absolute atomic E-state index is 0.220. The topological polar surface area (TPSA) is 29.5 Å². The third-order valence-corrected chi connectivity index (χ3v) is 5.53. The average Bonchev–Trinajstić information content (AvgIpc) is 2.69. The van der Waals surface area contributed by atoms with Gasteiger partial charge >= 0.3 is 0 Å². The van der Waals surface area contributed by atoms with E-state index in [0.29, 0.717) is 13.2 Å². The molecule has 4 rings (SSSR count). The molecule has 1 heterocycles. The zero-order valence-corrected chi connectivity index (χ0v) is 14.5. The van der Waals surface area contributed by atoms with E-state index in [4.69, 9.17) is 4.74 Å². The molecule has 2 aliphatic rings. The van der Waals surface area contributed by atoms with Crippen molar-refractivity contribution in [3.05, 3.63) is 71.8 Å². The fourth-order valence-corrected chi connectivity index (χ4v) is 4.30. The third-order valence-electron chi connectivity index (χ3n) is 5.53. The lowest BCUT2D eigenvalue weighted by Gasteiger charge is -2.45. The highest BCUT2D eigenvalue weighted by molar-refractivity contribution is 5.87. The standard InChI is InChI=1S/C22H25NO2/c24-22(23-15-16-25-20-14-8-7-13-19(20)23)21(17-9-3-1-4-10-17)18-11-5-2-6-12-18/h1-6,9-12,19-21H,7-8,13-16H2. The first-order chi connectivity index (χ1) is 12.3. The summed E-state index contributed by atoms with van der Waals surface area (Å²) < 4.78 is 5.96. The summed E-state index contributed by atoms with van der Waals surface area (Å²) in [4.78, 5) is 15.7. The summed E-state index contributed by atoms with van der Waals surface area (Å²) >= 11 is 0. The lowest BCUT2D eigenvalue weighted by molar-refractivity contribution is -0.150. The molecule has 1 amide bonds. The molecule has 130 valence electrons. The van der Waals surface area contributed by atoms with Crippen molar-refractivity contribution in [3.8, 4) is 0 Å². The van der Waals surface area contributed by atoms with Crippen LogP contribution in [0.5, 0.6) is 0 Å². The number of carbonyl (C=O) groups excluding carboxylic acids is 1. The monoisotopic (exact) mass is 335 g/mol. The van der Waals surface area contributed by atoms with Gasteiger partial charge in [-0.05, 0) is 24.0 Å². The zero-order chi connectivity index (χ0) is 17.1. The Balaban J connectivity index is 1.68. The lowest BCUT2D eigenvalue weighted by Crippen LogP contribution is -2.56. The smallest absolute Gasteiger partial charge is 0.234 e. The summed E-state index contributed by atoms with van der Waals surface area (Å²) in [7, 11) is 0. The van der Waals surface area contributed by atoms with Crippen LogP contribution in [-0.2, 0) is 9.53 Å². The number of fused-ring (bicyclic) bond motifs is 1. The van der Waals surface area contributed by atoms with Crippen LogP contribution in [0.3, 0.4) is 0 Å². The SMILES string of the molecule is O=C(C(c1ccccc1)c1ccccc1)N1CCOC2CCCCC21. The number of carbonyl (C=O) groups is 1. The molecule has 2 aromatic rings. The van der Waals surface area contributed by atoms with Crippen molar-refractivity contribution in [2.75, 3.05) is 13.2 Å². The molecule has 3 heteroatoms. The molecule has 0 spiro atoms. The van der Waals surface area contributed by atoms with Gasteiger partial charge in [0.2, 0.25) is 5.91 Å². The normalized spacial score (nSPS) is 23.3. The van der Waals surface area contributed by atoms with Gasteiger partial charge in [0.25, 0.3) is 0 Å².